The minimum absolute atomic E-state index is 0.00412. The summed E-state index contributed by atoms with van der Waals surface area (Å²) in [6.07, 6.45) is 3.47. The van der Waals surface area contributed by atoms with Crippen LogP contribution >= 0.6 is 0 Å². The van der Waals surface area contributed by atoms with Crippen molar-refractivity contribution in [2.45, 2.75) is 0 Å². The largest absolute Gasteiger partial charge is 0.497 e. The third-order valence-corrected chi connectivity index (χ3v) is 3.28. The number of aromatic nitrogens is 1. The second-order valence-corrected chi connectivity index (χ2v) is 4.46. The van der Waals surface area contributed by atoms with Gasteiger partial charge >= 0.3 is 0 Å². The van der Waals surface area contributed by atoms with Crippen LogP contribution in [0.1, 0.15) is 15.9 Å². The summed E-state index contributed by atoms with van der Waals surface area (Å²) in [4.78, 5) is 16.7. The Morgan fingerprint density at radius 2 is 1.85 bits per heavy atom. The Morgan fingerprint density at radius 3 is 2.60 bits per heavy atom. The summed E-state index contributed by atoms with van der Waals surface area (Å²) < 4.78 is 5.11. The van der Waals surface area contributed by atoms with Crippen molar-refractivity contribution in [3.8, 4) is 5.75 Å². The molecule has 0 N–H and O–H groups in total. The molecule has 0 saturated carbocycles. The summed E-state index contributed by atoms with van der Waals surface area (Å²) in [5, 5.41) is 1.88. The van der Waals surface area contributed by atoms with Crippen LogP contribution in [0.4, 0.5) is 0 Å². The van der Waals surface area contributed by atoms with E-state index in [0.29, 0.717) is 11.1 Å². The lowest BCUT2D eigenvalue weighted by Gasteiger charge is -2.06. The Balaban J connectivity index is 2.07. The molecular formula is C17H13NO2. The van der Waals surface area contributed by atoms with E-state index in [0.717, 1.165) is 16.5 Å². The Kier molecular flexibility index (Phi) is 3.17. The number of fused-ring (bicyclic) bond motifs is 1. The zero-order chi connectivity index (χ0) is 13.9. The fourth-order valence-corrected chi connectivity index (χ4v) is 2.22. The van der Waals surface area contributed by atoms with Gasteiger partial charge in [-0.1, -0.05) is 18.2 Å². The number of carbonyl (C=O) groups excluding carboxylic acids is 1. The average molecular weight is 263 g/mol. The van der Waals surface area contributed by atoms with Gasteiger partial charge in [-0.2, -0.15) is 0 Å². The highest BCUT2D eigenvalue weighted by Crippen LogP contribution is 2.21. The maximum Gasteiger partial charge on any atom is 0.193 e. The van der Waals surface area contributed by atoms with Gasteiger partial charge in [0.15, 0.2) is 5.78 Å². The van der Waals surface area contributed by atoms with Crippen LogP contribution in [0, 0.1) is 0 Å². The standard InChI is InChI=1S/C17H13NO2/c1-20-14-7-5-12(6-8-14)17(19)16-4-2-3-13-11-18-10-9-15(13)16/h2-11H,1H3. The van der Waals surface area contributed by atoms with E-state index < -0.39 is 0 Å². The molecule has 3 rings (SSSR count). The van der Waals surface area contributed by atoms with Gasteiger partial charge in [0.25, 0.3) is 0 Å². The molecule has 0 saturated heterocycles. The number of carbonyl (C=O) groups is 1. The van der Waals surface area contributed by atoms with Crippen LogP contribution in [-0.2, 0) is 0 Å². The first-order chi connectivity index (χ1) is 9.79. The zero-order valence-electron chi connectivity index (χ0n) is 11.0. The molecule has 3 nitrogen and oxygen atoms in total. The summed E-state index contributed by atoms with van der Waals surface area (Å²) in [7, 11) is 1.61. The number of methoxy groups -OCH3 is 1. The van der Waals surface area contributed by atoms with E-state index in [1.807, 2.05) is 24.3 Å². The molecule has 20 heavy (non-hydrogen) atoms. The summed E-state index contributed by atoms with van der Waals surface area (Å²) >= 11 is 0. The third-order valence-electron chi connectivity index (χ3n) is 3.28. The second kappa shape index (κ2) is 5.13. The van der Waals surface area contributed by atoms with Gasteiger partial charge in [0.2, 0.25) is 0 Å². The van der Waals surface area contributed by atoms with Gasteiger partial charge in [0, 0.05) is 28.9 Å². The molecule has 0 radical (unpaired) electrons. The lowest BCUT2D eigenvalue weighted by Crippen LogP contribution is -2.02. The minimum Gasteiger partial charge on any atom is -0.497 e. The van der Waals surface area contributed by atoms with Crippen molar-refractivity contribution < 1.29 is 9.53 Å². The third kappa shape index (κ3) is 2.14. The molecule has 3 aromatic rings. The van der Waals surface area contributed by atoms with Crippen LogP contribution in [0.15, 0.2) is 60.9 Å². The van der Waals surface area contributed by atoms with Crippen LogP contribution in [0.5, 0.6) is 5.75 Å². The fourth-order valence-electron chi connectivity index (χ4n) is 2.22. The molecule has 0 unspecified atom stereocenters. The predicted octanol–water partition coefficient (Wildman–Crippen LogP) is 3.47. The zero-order valence-corrected chi connectivity index (χ0v) is 11.0. The number of benzene rings is 2. The van der Waals surface area contributed by atoms with Crippen molar-refractivity contribution in [2.75, 3.05) is 7.11 Å². The van der Waals surface area contributed by atoms with Crippen molar-refractivity contribution in [3.63, 3.8) is 0 Å². The van der Waals surface area contributed by atoms with E-state index in [9.17, 15) is 4.79 Å². The quantitative estimate of drug-likeness (QED) is 0.679. The van der Waals surface area contributed by atoms with Crippen molar-refractivity contribution in [1.29, 1.82) is 0 Å². The van der Waals surface area contributed by atoms with Gasteiger partial charge in [-0.3, -0.25) is 9.78 Å². The molecule has 98 valence electrons. The molecular weight excluding hydrogens is 250 g/mol. The predicted molar refractivity (Wildman–Crippen MR) is 78.2 cm³/mol. The topological polar surface area (TPSA) is 39.2 Å². The molecule has 0 aliphatic rings. The molecule has 1 heterocycles. The summed E-state index contributed by atoms with van der Waals surface area (Å²) in [6, 6.07) is 14.7. The number of pyridine rings is 1. The van der Waals surface area contributed by atoms with Crippen molar-refractivity contribution in [1.82, 2.24) is 4.98 Å². The highest BCUT2D eigenvalue weighted by atomic mass is 16.5. The van der Waals surface area contributed by atoms with E-state index in [2.05, 4.69) is 4.98 Å². The second-order valence-electron chi connectivity index (χ2n) is 4.46. The maximum atomic E-state index is 12.6. The van der Waals surface area contributed by atoms with Crippen molar-refractivity contribution in [3.05, 3.63) is 72.1 Å². The van der Waals surface area contributed by atoms with Gasteiger partial charge < -0.3 is 4.74 Å². The number of ether oxygens (including phenoxy) is 1. The lowest BCUT2D eigenvalue weighted by molar-refractivity contribution is 0.104. The van der Waals surface area contributed by atoms with E-state index in [4.69, 9.17) is 4.74 Å². The van der Waals surface area contributed by atoms with E-state index in [-0.39, 0.29) is 5.78 Å². The molecule has 0 spiro atoms. The smallest absolute Gasteiger partial charge is 0.193 e. The number of rotatable bonds is 3. The van der Waals surface area contributed by atoms with Gasteiger partial charge in [0.05, 0.1) is 7.11 Å². The Labute approximate surface area is 116 Å². The number of hydrogen-bond donors (Lipinski definition) is 0. The molecule has 0 atom stereocenters. The molecule has 0 amide bonds. The number of nitrogens with zero attached hydrogens (tertiary/aromatic N) is 1. The lowest BCUT2D eigenvalue weighted by atomic mass is 9.98. The Hall–Kier alpha value is -2.68. The minimum atomic E-state index is 0.00412. The van der Waals surface area contributed by atoms with Crippen LogP contribution in [0.3, 0.4) is 0 Å². The normalized spacial score (nSPS) is 10.4. The number of ketones is 1. The molecule has 0 aliphatic carbocycles. The molecule has 2 aromatic carbocycles. The Morgan fingerprint density at radius 1 is 1.05 bits per heavy atom. The molecule has 0 bridgehead atoms. The molecule has 3 heteroatoms. The first kappa shape index (κ1) is 12.4. The molecule has 1 aromatic heterocycles. The SMILES string of the molecule is COc1ccc(C(=O)c2cccc3cnccc23)cc1. The molecule has 0 fully saturated rings. The van der Waals surface area contributed by atoms with Gasteiger partial charge in [-0.05, 0) is 35.7 Å². The van der Waals surface area contributed by atoms with Crippen LogP contribution in [0.25, 0.3) is 10.8 Å². The highest BCUT2D eigenvalue weighted by Gasteiger charge is 2.12. The van der Waals surface area contributed by atoms with E-state index in [1.165, 1.54) is 0 Å². The molecule has 0 aliphatic heterocycles. The summed E-state index contributed by atoms with van der Waals surface area (Å²) in [5.74, 6) is 0.744. The van der Waals surface area contributed by atoms with Crippen molar-refractivity contribution in [2.24, 2.45) is 0 Å². The van der Waals surface area contributed by atoms with Crippen LogP contribution in [0.2, 0.25) is 0 Å². The van der Waals surface area contributed by atoms with Crippen LogP contribution < -0.4 is 4.74 Å². The number of hydrogen-bond acceptors (Lipinski definition) is 3. The van der Waals surface area contributed by atoms with Gasteiger partial charge in [-0.15, -0.1) is 0 Å². The highest BCUT2D eigenvalue weighted by molar-refractivity contribution is 6.16. The van der Waals surface area contributed by atoms with Crippen LogP contribution in [-0.4, -0.2) is 17.9 Å². The average Bonchev–Trinajstić information content (AvgIpc) is 2.54. The summed E-state index contributed by atoms with van der Waals surface area (Å²) in [5.41, 5.74) is 1.34. The van der Waals surface area contributed by atoms with E-state index >= 15 is 0 Å². The van der Waals surface area contributed by atoms with E-state index in [1.54, 1.807) is 43.8 Å². The van der Waals surface area contributed by atoms with Gasteiger partial charge in [-0.25, -0.2) is 0 Å². The monoisotopic (exact) mass is 263 g/mol. The first-order valence-corrected chi connectivity index (χ1v) is 6.31. The fraction of sp³-hybridized carbons (Fsp3) is 0.0588. The van der Waals surface area contributed by atoms with Crippen molar-refractivity contribution >= 4 is 16.6 Å². The van der Waals surface area contributed by atoms with Gasteiger partial charge in [0.1, 0.15) is 5.75 Å². The summed E-state index contributed by atoms with van der Waals surface area (Å²) in [6.45, 7) is 0. The maximum absolute atomic E-state index is 12.6. The Bertz CT molecular complexity index is 758. The first-order valence-electron chi connectivity index (χ1n) is 6.31.